The maximum absolute atomic E-state index is 12.2. The normalized spacial score (nSPS) is 20.2. The Balaban J connectivity index is 2.45. The third kappa shape index (κ3) is 5.25. The lowest BCUT2D eigenvalue weighted by atomic mass is 10.2. The Morgan fingerprint density at radius 2 is 1.80 bits per heavy atom. The van der Waals surface area contributed by atoms with Crippen LogP contribution in [0.1, 0.15) is 20.8 Å². The number of sulfonamides is 1. The molecule has 118 valence electrons. The van der Waals surface area contributed by atoms with Crippen LogP contribution in [0.5, 0.6) is 0 Å². The summed E-state index contributed by atoms with van der Waals surface area (Å²) in [5, 5.41) is 0. The lowest BCUT2D eigenvalue weighted by Crippen LogP contribution is -2.54. The van der Waals surface area contributed by atoms with Gasteiger partial charge in [-0.1, -0.05) is 12.2 Å². The zero-order chi connectivity index (χ0) is 15.3. The molecular formula is C12H25N3O3S2. The summed E-state index contributed by atoms with van der Waals surface area (Å²) < 4.78 is 31.1. The van der Waals surface area contributed by atoms with E-state index in [-0.39, 0.29) is 24.5 Å². The van der Waals surface area contributed by atoms with Gasteiger partial charge in [-0.15, -0.1) is 0 Å². The summed E-state index contributed by atoms with van der Waals surface area (Å²) in [6.07, 6.45) is 0.0495. The molecule has 0 spiro atoms. The molecular weight excluding hydrogens is 298 g/mol. The molecule has 1 atom stereocenters. The second-order valence-electron chi connectivity index (χ2n) is 5.25. The van der Waals surface area contributed by atoms with E-state index in [9.17, 15) is 8.42 Å². The third-order valence-corrected chi connectivity index (χ3v) is 5.59. The summed E-state index contributed by atoms with van der Waals surface area (Å²) in [4.78, 5) is 2.56. The molecule has 20 heavy (non-hydrogen) atoms. The van der Waals surface area contributed by atoms with Crippen LogP contribution in [0.4, 0.5) is 0 Å². The van der Waals surface area contributed by atoms with Crippen molar-refractivity contribution >= 4 is 27.2 Å². The van der Waals surface area contributed by atoms with Crippen LogP contribution in [-0.4, -0.2) is 73.3 Å². The fourth-order valence-corrected chi connectivity index (χ4v) is 3.50. The Morgan fingerprint density at radius 3 is 2.25 bits per heavy atom. The zero-order valence-electron chi connectivity index (χ0n) is 12.4. The van der Waals surface area contributed by atoms with Crippen LogP contribution < -0.4 is 5.73 Å². The van der Waals surface area contributed by atoms with E-state index >= 15 is 0 Å². The predicted molar refractivity (Wildman–Crippen MR) is 84.3 cm³/mol. The van der Waals surface area contributed by atoms with E-state index in [1.807, 2.05) is 20.8 Å². The van der Waals surface area contributed by atoms with Gasteiger partial charge >= 0.3 is 0 Å². The van der Waals surface area contributed by atoms with E-state index in [4.69, 9.17) is 22.7 Å². The van der Waals surface area contributed by atoms with E-state index in [2.05, 4.69) is 4.90 Å². The highest BCUT2D eigenvalue weighted by Gasteiger charge is 2.29. The Morgan fingerprint density at radius 1 is 1.25 bits per heavy atom. The number of hydrogen-bond acceptors (Lipinski definition) is 5. The molecule has 0 aromatic rings. The molecule has 0 amide bonds. The van der Waals surface area contributed by atoms with Crippen molar-refractivity contribution < 1.29 is 13.2 Å². The molecule has 6 nitrogen and oxygen atoms in total. The topological polar surface area (TPSA) is 75.9 Å². The monoisotopic (exact) mass is 323 g/mol. The number of piperazine rings is 1. The van der Waals surface area contributed by atoms with Crippen LogP contribution >= 0.6 is 12.2 Å². The van der Waals surface area contributed by atoms with Gasteiger partial charge in [-0.2, -0.15) is 4.31 Å². The van der Waals surface area contributed by atoms with E-state index in [1.54, 1.807) is 0 Å². The predicted octanol–water partition coefficient (Wildman–Crippen LogP) is 0.0334. The molecule has 1 fully saturated rings. The van der Waals surface area contributed by atoms with Crippen LogP contribution in [-0.2, 0) is 14.8 Å². The molecule has 0 saturated carbocycles. The summed E-state index contributed by atoms with van der Waals surface area (Å²) in [6.45, 7) is 8.25. The van der Waals surface area contributed by atoms with Gasteiger partial charge < -0.3 is 10.5 Å². The average molecular weight is 323 g/mol. The number of nitrogens with two attached hydrogens (primary N) is 1. The van der Waals surface area contributed by atoms with Gasteiger partial charge in [0.2, 0.25) is 10.0 Å². The number of hydrogen-bond donors (Lipinski definition) is 1. The van der Waals surface area contributed by atoms with Crippen LogP contribution in [0.3, 0.4) is 0 Å². The third-order valence-electron chi connectivity index (χ3n) is 3.42. The minimum Gasteiger partial charge on any atom is -0.392 e. The molecule has 0 aromatic carbocycles. The van der Waals surface area contributed by atoms with E-state index in [0.29, 0.717) is 31.2 Å². The van der Waals surface area contributed by atoms with Crippen molar-refractivity contribution in [3.63, 3.8) is 0 Å². The van der Waals surface area contributed by atoms with E-state index in [0.717, 1.165) is 0 Å². The molecule has 0 aliphatic carbocycles. The molecule has 0 bridgehead atoms. The maximum atomic E-state index is 12.2. The molecule has 0 aromatic heterocycles. The Kier molecular flexibility index (Phi) is 6.80. The first-order chi connectivity index (χ1) is 9.24. The molecule has 1 aliphatic rings. The Labute approximate surface area is 127 Å². The van der Waals surface area contributed by atoms with Crippen LogP contribution in [0, 0.1) is 0 Å². The van der Waals surface area contributed by atoms with Crippen molar-refractivity contribution in [2.45, 2.75) is 32.9 Å². The molecule has 2 N–H and O–H groups in total. The number of thiocarbonyl (C=S) groups is 1. The molecule has 1 heterocycles. The van der Waals surface area contributed by atoms with Crippen LogP contribution in [0.15, 0.2) is 0 Å². The van der Waals surface area contributed by atoms with Crippen LogP contribution in [0.25, 0.3) is 0 Å². The molecule has 1 saturated heterocycles. The van der Waals surface area contributed by atoms with Crippen molar-refractivity contribution in [2.24, 2.45) is 5.73 Å². The summed E-state index contributed by atoms with van der Waals surface area (Å²) in [6, 6.07) is 0.0131. The van der Waals surface area contributed by atoms with Crippen molar-refractivity contribution in [1.82, 2.24) is 9.21 Å². The fourth-order valence-electron chi connectivity index (χ4n) is 2.07. The van der Waals surface area contributed by atoms with Gasteiger partial charge in [-0.25, -0.2) is 8.42 Å². The van der Waals surface area contributed by atoms with Crippen molar-refractivity contribution in [2.75, 3.05) is 38.5 Å². The van der Waals surface area contributed by atoms with E-state index < -0.39 is 10.0 Å². The van der Waals surface area contributed by atoms with Gasteiger partial charge in [-0.05, 0) is 20.8 Å². The van der Waals surface area contributed by atoms with E-state index in [1.165, 1.54) is 4.31 Å². The molecule has 8 heteroatoms. The highest BCUT2D eigenvalue weighted by atomic mass is 32.2. The summed E-state index contributed by atoms with van der Waals surface area (Å²) in [5.74, 6) is 0.0377. The van der Waals surface area contributed by atoms with Gasteiger partial charge in [0.25, 0.3) is 0 Å². The van der Waals surface area contributed by atoms with Crippen molar-refractivity contribution in [1.29, 1.82) is 0 Å². The quantitative estimate of drug-likeness (QED) is 0.667. The molecule has 1 aliphatic heterocycles. The second-order valence-corrected chi connectivity index (χ2v) is 7.81. The lowest BCUT2D eigenvalue weighted by molar-refractivity contribution is 0.0901. The fraction of sp³-hybridized carbons (Fsp3) is 0.917. The number of nitrogens with zero attached hydrogens (tertiary/aromatic N) is 2. The minimum absolute atomic E-state index is 0.0131. The Hall–Kier alpha value is -0.280. The molecule has 1 rings (SSSR count). The highest BCUT2D eigenvalue weighted by molar-refractivity contribution is 7.89. The zero-order valence-corrected chi connectivity index (χ0v) is 14.0. The summed E-state index contributed by atoms with van der Waals surface area (Å²) in [5.41, 5.74) is 5.62. The average Bonchev–Trinajstić information content (AvgIpc) is 2.37. The standard InChI is InChI=1S/C12H25N3O3S2/c1-10(2)18-8-9-20(16,17)15-6-4-14(5-7-15)11(3)12(13)19/h10-11H,4-9H2,1-3H3,(H2,13,19). The minimum atomic E-state index is -3.23. The second kappa shape index (κ2) is 7.65. The first-order valence-corrected chi connectivity index (χ1v) is 8.88. The summed E-state index contributed by atoms with van der Waals surface area (Å²) >= 11 is 4.97. The SMILES string of the molecule is CC(C)OCCS(=O)(=O)N1CCN(C(C)C(N)=S)CC1. The lowest BCUT2D eigenvalue weighted by Gasteiger charge is -2.37. The largest absolute Gasteiger partial charge is 0.392 e. The van der Waals surface area contributed by atoms with Gasteiger partial charge in [0.05, 0.1) is 29.5 Å². The molecule has 1 unspecified atom stereocenters. The Bertz CT molecular complexity index is 418. The number of rotatable bonds is 7. The first-order valence-electron chi connectivity index (χ1n) is 6.87. The van der Waals surface area contributed by atoms with Crippen molar-refractivity contribution in [3.8, 4) is 0 Å². The molecule has 0 radical (unpaired) electrons. The summed E-state index contributed by atoms with van der Waals surface area (Å²) in [7, 11) is -3.23. The smallest absolute Gasteiger partial charge is 0.216 e. The van der Waals surface area contributed by atoms with Gasteiger partial charge in [-0.3, -0.25) is 4.90 Å². The van der Waals surface area contributed by atoms with Crippen molar-refractivity contribution in [3.05, 3.63) is 0 Å². The van der Waals surface area contributed by atoms with Gasteiger partial charge in [0.1, 0.15) is 0 Å². The first kappa shape index (κ1) is 17.8. The van der Waals surface area contributed by atoms with Gasteiger partial charge in [0.15, 0.2) is 0 Å². The highest BCUT2D eigenvalue weighted by Crippen LogP contribution is 2.11. The number of ether oxygens (including phenoxy) is 1. The van der Waals surface area contributed by atoms with Gasteiger partial charge in [0, 0.05) is 26.2 Å². The van der Waals surface area contributed by atoms with Crippen LogP contribution in [0.2, 0.25) is 0 Å². The maximum Gasteiger partial charge on any atom is 0.216 e.